The molecule has 0 spiro atoms. The van der Waals surface area contributed by atoms with Crippen molar-refractivity contribution in [1.82, 2.24) is 10.6 Å². The van der Waals surface area contributed by atoms with Gasteiger partial charge < -0.3 is 14.8 Å². The number of carboxylic acids is 1. The molecule has 1 heterocycles. The maximum Gasteiger partial charge on any atom is 0.371 e. The lowest BCUT2D eigenvalue weighted by Crippen LogP contribution is -2.43. The van der Waals surface area contributed by atoms with E-state index < -0.39 is 34.0 Å². The van der Waals surface area contributed by atoms with Gasteiger partial charge in [-0.05, 0) is 19.1 Å². The molecule has 9 heteroatoms. The number of furan rings is 1. The van der Waals surface area contributed by atoms with Crippen LogP contribution in [0.25, 0.3) is 0 Å². The van der Waals surface area contributed by atoms with E-state index in [0.29, 0.717) is 0 Å². The molecule has 0 aliphatic rings. The molecular weight excluding hydrogens is 276 g/mol. The number of hydrogen-bond acceptors (Lipinski definition) is 5. The average Bonchev–Trinajstić information content (AvgIpc) is 2.86. The standard InChI is InChI=1S/C10H12N2O6S/c1-5(8(13)12-10(16)11-2)19(17)7-4-3-6(18-7)9(14)15/h3-5H,1-2H3,(H,14,15)(H2,11,12,13,16). The second-order valence-corrected chi connectivity index (χ2v) is 5.14. The van der Waals surface area contributed by atoms with E-state index in [0.717, 1.165) is 6.07 Å². The molecule has 1 rings (SSSR count). The van der Waals surface area contributed by atoms with E-state index in [-0.39, 0.29) is 10.9 Å². The van der Waals surface area contributed by atoms with Gasteiger partial charge >= 0.3 is 12.0 Å². The number of carbonyl (C=O) groups is 3. The van der Waals surface area contributed by atoms with Gasteiger partial charge in [0.25, 0.3) is 0 Å². The van der Waals surface area contributed by atoms with E-state index in [1.165, 1.54) is 20.0 Å². The van der Waals surface area contributed by atoms with Gasteiger partial charge in [0.15, 0.2) is 5.09 Å². The van der Waals surface area contributed by atoms with Crippen molar-refractivity contribution in [2.75, 3.05) is 7.05 Å². The van der Waals surface area contributed by atoms with Crippen LogP contribution in [-0.2, 0) is 15.6 Å². The van der Waals surface area contributed by atoms with Gasteiger partial charge in [-0.15, -0.1) is 0 Å². The molecule has 0 aromatic carbocycles. The Labute approximate surface area is 110 Å². The van der Waals surface area contributed by atoms with Crippen molar-refractivity contribution < 1.29 is 28.1 Å². The molecule has 2 unspecified atom stereocenters. The van der Waals surface area contributed by atoms with Crippen molar-refractivity contribution in [3.8, 4) is 0 Å². The lowest BCUT2D eigenvalue weighted by molar-refractivity contribution is -0.119. The summed E-state index contributed by atoms with van der Waals surface area (Å²) in [4.78, 5) is 33.1. The van der Waals surface area contributed by atoms with Gasteiger partial charge in [0, 0.05) is 7.05 Å². The van der Waals surface area contributed by atoms with Crippen LogP contribution in [0.1, 0.15) is 17.5 Å². The zero-order valence-electron chi connectivity index (χ0n) is 10.1. The molecule has 1 aromatic rings. The molecule has 104 valence electrons. The fraction of sp³-hybridized carbons (Fsp3) is 0.300. The minimum absolute atomic E-state index is 0.142. The lowest BCUT2D eigenvalue weighted by Gasteiger charge is -2.09. The number of carbonyl (C=O) groups excluding carboxylic acids is 2. The van der Waals surface area contributed by atoms with Crippen LogP contribution in [0.4, 0.5) is 4.79 Å². The second kappa shape index (κ2) is 6.14. The van der Waals surface area contributed by atoms with Gasteiger partial charge in [-0.2, -0.15) is 0 Å². The van der Waals surface area contributed by atoms with Crippen molar-refractivity contribution >= 4 is 28.7 Å². The van der Waals surface area contributed by atoms with Gasteiger partial charge in [0.1, 0.15) is 16.0 Å². The molecule has 3 N–H and O–H groups in total. The third kappa shape index (κ3) is 3.65. The second-order valence-electron chi connectivity index (χ2n) is 3.43. The smallest absolute Gasteiger partial charge is 0.371 e. The van der Waals surface area contributed by atoms with E-state index in [9.17, 15) is 18.6 Å². The molecule has 19 heavy (non-hydrogen) atoms. The number of nitrogens with one attached hydrogen (secondary N) is 2. The van der Waals surface area contributed by atoms with Gasteiger partial charge in [-0.25, -0.2) is 9.59 Å². The number of carboxylic acid groups (broad SMARTS) is 1. The van der Waals surface area contributed by atoms with E-state index in [1.54, 1.807) is 0 Å². The molecular formula is C10H12N2O6S. The Morgan fingerprint density at radius 2 is 2.00 bits per heavy atom. The first-order valence-electron chi connectivity index (χ1n) is 5.13. The predicted molar refractivity (Wildman–Crippen MR) is 64.1 cm³/mol. The van der Waals surface area contributed by atoms with Gasteiger partial charge in [-0.1, -0.05) is 0 Å². The summed E-state index contributed by atoms with van der Waals surface area (Å²) in [7, 11) is -0.565. The topological polar surface area (TPSA) is 126 Å². The molecule has 8 nitrogen and oxygen atoms in total. The van der Waals surface area contributed by atoms with Crippen LogP contribution in [0.15, 0.2) is 21.6 Å². The van der Waals surface area contributed by atoms with E-state index in [4.69, 9.17) is 9.52 Å². The highest BCUT2D eigenvalue weighted by Crippen LogP contribution is 2.15. The van der Waals surface area contributed by atoms with Crippen LogP contribution in [0.2, 0.25) is 0 Å². The average molecular weight is 288 g/mol. The summed E-state index contributed by atoms with van der Waals surface area (Å²) < 4.78 is 16.8. The summed E-state index contributed by atoms with van der Waals surface area (Å²) in [6.07, 6.45) is 0. The molecule has 0 fully saturated rings. The molecule has 0 saturated carbocycles. The fourth-order valence-electron chi connectivity index (χ4n) is 1.09. The highest BCUT2D eigenvalue weighted by atomic mass is 32.2. The first-order valence-corrected chi connectivity index (χ1v) is 6.34. The van der Waals surface area contributed by atoms with Crippen LogP contribution in [-0.4, -0.2) is 39.5 Å². The van der Waals surface area contributed by atoms with Crippen molar-refractivity contribution in [1.29, 1.82) is 0 Å². The normalized spacial score (nSPS) is 13.4. The van der Waals surface area contributed by atoms with E-state index >= 15 is 0 Å². The Balaban J connectivity index is 2.78. The van der Waals surface area contributed by atoms with Gasteiger partial charge in [0.05, 0.1) is 0 Å². The molecule has 0 radical (unpaired) electrons. The molecule has 0 saturated heterocycles. The minimum Gasteiger partial charge on any atom is -0.475 e. The van der Waals surface area contributed by atoms with Crippen LogP contribution < -0.4 is 10.6 Å². The number of rotatable bonds is 4. The lowest BCUT2D eigenvalue weighted by atomic mass is 10.4. The van der Waals surface area contributed by atoms with Crippen LogP contribution in [0.5, 0.6) is 0 Å². The number of aromatic carboxylic acids is 1. The van der Waals surface area contributed by atoms with Crippen LogP contribution in [0, 0.1) is 0 Å². The first-order chi connectivity index (χ1) is 8.86. The van der Waals surface area contributed by atoms with Crippen LogP contribution >= 0.6 is 0 Å². The monoisotopic (exact) mass is 288 g/mol. The Hall–Kier alpha value is -2.16. The quantitative estimate of drug-likeness (QED) is 0.712. The minimum atomic E-state index is -1.89. The number of urea groups is 1. The Bertz CT molecular complexity index is 538. The maximum atomic E-state index is 11.9. The van der Waals surface area contributed by atoms with E-state index in [1.807, 2.05) is 5.32 Å². The zero-order chi connectivity index (χ0) is 14.6. The largest absolute Gasteiger partial charge is 0.475 e. The predicted octanol–water partition coefficient (Wildman–Crippen LogP) is -0.0705. The Morgan fingerprint density at radius 3 is 2.47 bits per heavy atom. The van der Waals surface area contributed by atoms with Crippen molar-refractivity contribution in [2.24, 2.45) is 0 Å². The van der Waals surface area contributed by atoms with Gasteiger partial charge in [0.2, 0.25) is 11.7 Å². The highest BCUT2D eigenvalue weighted by molar-refractivity contribution is 7.86. The fourth-order valence-corrected chi connectivity index (χ4v) is 2.07. The third-order valence-electron chi connectivity index (χ3n) is 2.14. The van der Waals surface area contributed by atoms with E-state index in [2.05, 4.69) is 5.32 Å². The maximum absolute atomic E-state index is 11.9. The Morgan fingerprint density at radius 1 is 1.37 bits per heavy atom. The molecule has 0 aliphatic carbocycles. The van der Waals surface area contributed by atoms with Gasteiger partial charge in [-0.3, -0.25) is 14.3 Å². The third-order valence-corrected chi connectivity index (χ3v) is 3.62. The summed E-state index contributed by atoms with van der Waals surface area (Å²) in [5, 5.41) is 11.6. The summed E-state index contributed by atoms with van der Waals surface area (Å²) in [5.41, 5.74) is 0. The zero-order valence-corrected chi connectivity index (χ0v) is 10.9. The number of hydrogen-bond donors (Lipinski definition) is 3. The van der Waals surface area contributed by atoms with Crippen molar-refractivity contribution in [3.05, 3.63) is 17.9 Å². The molecule has 2 atom stereocenters. The highest BCUT2D eigenvalue weighted by Gasteiger charge is 2.25. The number of imide groups is 1. The molecule has 3 amide bonds. The SMILES string of the molecule is CNC(=O)NC(=O)C(C)S(=O)c1ccc(C(=O)O)o1. The summed E-state index contributed by atoms with van der Waals surface area (Å²) in [6, 6.07) is 1.63. The van der Waals surface area contributed by atoms with Crippen molar-refractivity contribution in [3.63, 3.8) is 0 Å². The Kier molecular flexibility index (Phi) is 4.81. The first kappa shape index (κ1) is 14.9. The van der Waals surface area contributed by atoms with Crippen molar-refractivity contribution in [2.45, 2.75) is 17.3 Å². The molecule has 0 bridgehead atoms. The molecule has 1 aromatic heterocycles. The summed E-state index contributed by atoms with van der Waals surface area (Å²) in [6.45, 7) is 1.33. The van der Waals surface area contributed by atoms with Crippen LogP contribution in [0.3, 0.4) is 0 Å². The summed E-state index contributed by atoms with van der Waals surface area (Å²) >= 11 is 0. The molecule has 0 aliphatic heterocycles. The number of amides is 3. The summed E-state index contributed by atoms with van der Waals surface area (Å²) in [5.74, 6) is -2.43.